The molecule has 8 heteroatoms. The normalized spacial score (nSPS) is 14.9. The second-order valence-electron chi connectivity index (χ2n) is 6.46. The van der Waals surface area contributed by atoms with Crippen molar-refractivity contribution in [2.24, 2.45) is 4.99 Å². The lowest BCUT2D eigenvalue weighted by Gasteiger charge is -2.35. The molecule has 1 aliphatic heterocycles. The van der Waals surface area contributed by atoms with Crippen LogP contribution in [0.1, 0.15) is 19.4 Å². The summed E-state index contributed by atoms with van der Waals surface area (Å²) in [6, 6.07) is 10.1. The summed E-state index contributed by atoms with van der Waals surface area (Å²) in [5, 5.41) is 7.64. The molecule has 0 saturated carbocycles. The molecule has 1 fully saturated rings. The smallest absolute Gasteiger partial charge is 0.409 e. The maximum atomic E-state index is 11.9. The molecule has 0 spiro atoms. The van der Waals surface area contributed by atoms with Gasteiger partial charge in [-0.2, -0.15) is 5.10 Å². The van der Waals surface area contributed by atoms with E-state index in [1.807, 2.05) is 36.0 Å². The molecule has 0 aliphatic carbocycles. The van der Waals surface area contributed by atoms with Crippen LogP contribution in [0.4, 0.5) is 4.79 Å². The van der Waals surface area contributed by atoms with E-state index in [1.165, 1.54) is 0 Å². The van der Waals surface area contributed by atoms with Crippen LogP contribution in [-0.4, -0.2) is 71.0 Å². The number of hydrogen-bond donors (Lipinski definition) is 1. The summed E-state index contributed by atoms with van der Waals surface area (Å²) in [6.07, 6.45) is 3.46. The Bertz CT molecular complexity index is 782. The fourth-order valence-electron chi connectivity index (χ4n) is 3.13. The molecule has 1 N–H and O–H groups in total. The van der Waals surface area contributed by atoms with Crippen molar-refractivity contribution in [3.05, 3.63) is 48.3 Å². The molecule has 3 rings (SSSR count). The molecule has 0 bridgehead atoms. The number of benzene rings is 1. The van der Waals surface area contributed by atoms with Crippen molar-refractivity contribution in [3.8, 4) is 5.69 Å². The Morgan fingerprint density at radius 1 is 1.18 bits per heavy atom. The number of aromatic nitrogens is 2. The van der Waals surface area contributed by atoms with E-state index < -0.39 is 0 Å². The van der Waals surface area contributed by atoms with Gasteiger partial charge in [-0.1, -0.05) is 12.1 Å². The predicted octanol–water partition coefficient (Wildman–Crippen LogP) is 2.11. The average Bonchev–Trinajstić information content (AvgIpc) is 3.27. The Morgan fingerprint density at radius 2 is 1.96 bits per heavy atom. The first-order chi connectivity index (χ1) is 13.7. The molecule has 8 nitrogen and oxygen atoms in total. The van der Waals surface area contributed by atoms with Gasteiger partial charge in [0.2, 0.25) is 0 Å². The minimum Gasteiger partial charge on any atom is -0.450 e. The summed E-state index contributed by atoms with van der Waals surface area (Å²) >= 11 is 0. The summed E-state index contributed by atoms with van der Waals surface area (Å²) < 4.78 is 6.93. The Hall–Kier alpha value is -3.03. The van der Waals surface area contributed by atoms with Crippen LogP contribution in [0.25, 0.3) is 5.69 Å². The lowest BCUT2D eigenvalue weighted by molar-refractivity contribution is 0.0914. The van der Waals surface area contributed by atoms with E-state index in [-0.39, 0.29) is 6.09 Å². The Morgan fingerprint density at radius 3 is 2.64 bits per heavy atom. The van der Waals surface area contributed by atoms with Gasteiger partial charge in [-0.15, -0.1) is 0 Å². The molecule has 1 aromatic heterocycles. The fourth-order valence-corrected chi connectivity index (χ4v) is 3.13. The highest BCUT2D eigenvalue weighted by Crippen LogP contribution is 2.11. The standard InChI is InChI=1S/C20H28N6O2/c1-3-21-19(24-11-13-25(14-12-24)20(27)28-4-2)22-16-17-7-5-8-18(15-17)26-10-6-9-23-26/h5-10,15H,3-4,11-14,16H2,1-2H3,(H,21,22). The van der Waals surface area contributed by atoms with Gasteiger partial charge in [0.25, 0.3) is 0 Å². The molecule has 2 heterocycles. The number of nitrogens with one attached hydrogen (secondary N) is 1. The minimum absolute atomic E-state index is 0.237. The highest BCUT2D eigenvalue weighted by molar-refractivity contribution is 5.80. The first-order valence-electron chi connectivity index (χ1n) is 9.75. The number of aliphatic imine (C=N–C) groups is 1. The average molecular weight is 384 g/mol. The van der Waals surface area contributed by atoms with E-state index >= 15 is 0 Å². The summed E-state index contributed by atoms with van der Waals surface area (Å²) in [6.45, 7) is 8.40. The van der Waals surface area contributed by atoms with Crippen LogP contribution < -0.4 is 5.32 Å². The summed E-state index contributed by atoms with van der Waals surface area (Å²) in [5.41, 5.74) is 2.14. The summed E-state index contributed by atoms with van der Waals surface area (Å²) in [7, 11) is 0. The SMILES string of the molecule is CCNC(=NCc1cccc(-n2cccn2)c1)N1CCN(C(=O)OCC)CC1. The predicted molar refractivity (Wildman–Crippen MR) is 109 cm³/mol. The van der Waals surface area contributed by atoms with Gasteiger partial charge < -0.3 is 19.9 Å². The highest BCUT2D eigenvalue weighted by Gasteiger charge is 2.23. The minimum atomic E-state index is -0.237. The number of ether oxygens (including phenoxy) is 1. The van der Waals surface area contributed by atoms with Gasteiger partial charge in [0.15, 0.2) is 5.96 Å². The molecule has 0 radical (unpaired) electrons. The van der Waals surface area contributed by atoms with Gasteiger partial charge in [0.1, 0.15) is 0 Å². The lowest BCUT2D eigenvalue weighted by atomic mass is 10.2. The molecule has 1 aliphatic rings. The topological polar surface area (TPSA) is 75.0 Å². The van der Waals surface area contributed by atoms with Gasteiger partial charge in [-0.3, -0.25) is 0 Å². The third-order valence-electron chi connectivity index (χ3n) is 4.53. The summed E-state index contributed by atoms with van der Waals surface area (Å²) in [5.74, 6) is 0.871. The largest absolute Gasteiger partial charge is 0.450 e. The van der Waals surface area contributed by atoms with Crippen molar-refractivity contribution in [2.45, 2.75) is 20.4 Å². The van der Waals surface area contributed by atoms with Gasteiger partial charge in [-0.05, 0) is 37.6 Å². The van der Waals surface area contributed by atoms with Crippen molar-refractivity contribution >= 4 is 12.1 Å². The first-order valence-corrected chi connectivity index (χ1v) is 9.75. The van der Waals surface area contributed by atoms with Crippen LogP contribution in [0.3, 0.4) is 0 Å². The molecule has 1 amide bonds. The third-order valence-corrected chi connectivity index (χ3v) is 4.53. The van der Waals surface area contributed by atoms with Crippen LogP contribution in [0.5, 0.6) is 0 Å². The number of hydrogen-bond acceptors (Lipinski definition) is 4. The van der Waals surface area contributed by atoms with E-state index in [0.717, 1.165) is 36.8 Å². The Kier molecular flexibility index (Phi) is 6.89. The van der Waals surface area contributed by atoms with Gasteiger partial charge in [0.05, 0.1) is 18.8 Å². The second-order valence-corrected chi connectivity index (χ2v) is 6.46. The number of guanidine groups is 1. The molecular formula is C20H28N6O2. The first kappa shape index (κ1) is 19.7. The van der Waals surface area contributed by atoms with Crippen LogP contribution in [-0.2, 0) is 11.3 Å². The van der Waals surface area contributed by atoms with Crippen LogP contribution in [0, 0.1) is 0 Å². The molecule has 2 aromatic rings. The maximum Gasteiger partial charge on any atom is 0.409 e. The van der Waals surface area contributed by atoms with Crippen LogP contribution >= 0.6 is 0 Å². The van der Waals surface area contributed by atoms with Crippen molar-refractivity contribution in [1.82, 2.24) is 24.9 Å². The lowest BCUT2D eigenvalue weighted by Crippen LogP contribution is -2.53. The summed E-state index contributed by atoms with van der Waals surface area (Å²) in [4.78, 5) is 20.6. The number of piperazine rings is 1. The van der Waals surface area contributed by atoms with Crippen LogP contribution in [0.2, 0.25) is 0 Å². The van der Waals surface area contributed by atoms with Gasteiger partial charge >= 0.3 is 6.09 Å². The van der Waals surface area contributed by atoms with E-state index in [9.17, 15) is 4.79 Å². The zero-order valence-electron chi connectivity index (χ0n) is 16.5. The van der Waals surface area contributed by atoms with Crippen molar-refractivity contribution < 1.29 is 9.53 Å². The molecule has 1 aromatic carbocycles. The number of carbonyl (C=O) groups excluding carboxylic acids is 1. The zero-order valence-corrected chi connectivity index (χ0v) is 16.5. The van der Waals surface area contributed by atoms with E-state index in [1.54, 1.807) is 11.1 Å². The van der Waals surface area contributed by atoms with Gasteiger partial charge in [0, 0.05) is 45.1 Å². The van der Waals surface area contributed by atoms with E-state index in [4.69, 9.17) is 9.73 Å². The monoisotopic (exact) mass is 384 g/mol. The fraction of sp³-hybridized carbons (Fsp3) is 0.450. The molecular weight excluding hydrogens is 356 g/mol. The zero-order chi connectivity index (χ0) is 19.8. The highest BCUT2D eigenvalue weighted by atomic mass is 16.6. The molecule has 150 valence electrons. The number of rotatable bonds is 5. The van der Waals surface area contributed by atoms with Crippen LogP contribution in [0.15, 0.2) is 47.7 Å². The number of amides is 1. The molecule has 0 atom stereocenters. The molecule has 1 saturated heterocycles. The Labute approximate surface area is 165 Å². The molecule has 0 unspecified atom stereocenters. The van der Waals surface area contributed by atoms with E-state index in [0.29, 0.717) is 26.2 Å². The quantitative estimate of drug-likeness (QED) is 0.631. The third kappa shape index (κ3) is 5.03. The van der Waals surface area contributed by atoms with Crippen molar-refractivity contribution in [3.63, 3.8) is 0 Å². The number of carbonyl (C=O) groups is 1. The van der Waals surface area contributed by atoms with E-state index in [2.05, 4.69) is 34.4 Å². The Balaban J connectivity index is 1.64. The van der Waals surface area contributed by atoms with Crippen molar-refractivity contribution in [2.75, 3.05) is 39.3 Å². The molecule has 28 heavy (non-hydrogen) atoms. The maximum absolute atomic E-state index is 11.9. The van der Waals surface area contributed by atoms with Crippen molar-refractivity contribution in [1.29, 1.82) is 0 Å². The number of nitrogens with zero attached hydrogens (tertiary/aromatic N) is 5. The van der Waals surface area contributed by atoms with Gasteiger partial charge in [-0.25, -0.2) is 14.5 Å². The second kappa shape index (κ2) is 9.77.